The van der Waals surface area contributed by atoms with Crippen LogP contribution in [0.2, 0.25) is 5.02 Å². The third-order valence-corrected chi connectivity index (χ3v) is 4.96. The van der Waals surface area contributed by atoms with Crippen molar-refractivity contribution in [2.75, 3.05) is 7.11 Å². The molecule has 3 rings (SSSR count). The second kappa shape index (κ2) is 10.6. The third-order valence-electron chi connectivity index (χ3n) is 4.71. The highest BCUT2D eigenvalue weighted by Gasteiger charge is 2.12. The molecule has 1 aromatic heterocycles. The molecular weight excluding hydrogens is 400 g/mol. The standard InChI is InChI=1S/C24H25ClN2O3/c1-30-22-15-13-21(14-16-22)27-23(18-9-11-19(25)12-10-18)17-20(26-27)7-5-3-2-4-6-8-24(28)29/h2-3,9-17H,4-8H2,1H3,(H,28,29)/b3-2-. The summed E-state index contributed by atoms with van der Waals surface area (Å²) >= 11 is 6.06. The first-order valence-corrected chi connectivity index (χ1v) is 10.3. The number of halogens is 1. The van der Waals surface area contributed by atoms with Crippen molar-refractivity contribution in [3.63, 3.8) is 0 Å². The van der Waals surface area contributed by atoms with Gasteiger partial charge in [0.15, 0.2) is 0 Å². The second-order valence-corrected chi connectivity index (χ2v) is 7.37. The van der Waals surface area contributed by atoms with E-state index in [-0.39, 0.29) is 6.42 Å². The van der Waals surface area contributed by atoms with Gasteiger partial charge in [-0.15, -0.1) is 0 Å². The number of carboxylic acids is 1. The summed E-state index contributed by atoms with van der Waals surface area (Å²) in [7, 11) is 1.65. The molecule has 2 aromatic carbocycles. The summed E-state index contributed by atoms with van der Waals surface area (Å²) in [6.45, 7) is 0. The van der Waals surface area contributed by atoms with Crippen LogP contribution in [0.25, 0.3) is 16.9 Å². The average Bonchev–Trinajstić information content (AvgIpc) is 3.17. The van der Waals surface area contributed by atoms with Crippen LogP contribution in [-0.4, -0.2) is 28.0 Å². The molecule has 0 fully saturated rings. The highest BCUT2D eigenvalue weighted by Crippen LogP contribution is 2.27. The van der Waals surface area contributed by atoms with Gasteiger partial charge in [0.25, 0.3) is 0 Å². The van der Waals surface area contributed by atoms with Gasteiger partial charge in [0.1, 0.15) is 5.75 Å². The van der Waals surface area contributed by atoms with Crippen LogP contribution in [0, 0.1) is 0 Å². The lowest BCUT2D eigenvalue weighted by Crippen LogP contribution is -2.00. The fraction of sp³-hybridized carbons (Fsp3) is 0.250. The number of benzene rings is 2. The largest absolute Gasteiger partial charge is 0.497 e. The van der Waals surface area contributed by atoms with Crippen molar-refractivity contribution in [1.82, 2.24) is 9.78 Å². The van der Waals surface area contributed by atoms with E-state index in [1.54, 1.807) is 7.11 Å². The van der Waals surface area contributed by atoms with Gasteiger partial charge in [0.2, 0.25) is 0 Å². The number of hydrogen-bond acceptors (Lipinski definition) is 3. The smallest absolute Gasteiger partial charge is 0.303 e. The minimum absolute atomic E-state index is 0.209. The van der Waals surface area contributed by atoms with Crippen molar-refractivity contribution >= 4 is 17.6 Å². The van der Waals surface area contributed by atoms with Crippen LogP contribution in [0.5, 0.6) is 5.75 Å². The summed E-state index contributed by atoms with van der Waals surface area (Å²) < 4.78 is 7.20. The molecule has 0 atom stereocenters. The number of aliphatic carboxylic acids is 1. The summed E-state index contributed by atoms with van der Waals surface area (Å²) in [6, 6.07) is 17.6. The minimum Gasteiger partial charge on any atom is -0.497 e. The van der Waals surface area contributed by atoms with E-state index in [2.05, 4.69) is 12.1 Å². The van der Waals surface area contributed by atoms with E-state index in [9.17, 15) is 4.79 Å². The number of carboxylic acid groups (broad SMARTS) is 1. The maximum Gasteiger partial charge on any atom is 0.303 e. The van der Waals surface area contributed by atoms with Gasteiger partial charge in [-0.1, -0.05) is 35.9 Å². The summed E-state index contributed by atoms with van der Waals surface area (Å²) in [5.74, 6) is 0.0504. The molecule has 0 aliphatic rings. The number of nitrogens with zero attached hydrogens (tertiary/aromatic N) is 2. The van der Waals surface area contributed by atoms with E-state index in [1.807, 2.05) is 59.3 Å². The molecule has 5 nitrogen and oxygen atoms in total. The lowest BCUT2D eigenvalue weighted by atomic mass is 10.1. The van der Waals surface area contributed by atoms with E-state index in [0.717, 1.165) is 47.7 Å². The van der Waals surface area contributed by atoms with Crippen LogP contribution in [0.3, 0.4) is 0 Å². The van der Waals surface area contributed by atoms with Gasteiger partial charge in [0.05, 0.1) is 24.2 Å². The number of aryl methyl sites for hydroxylation is 1. The molecule has 0 saturated carbocycles. The maximum absolute atomic E-state index is 10.5. The first-order chi connectivity index (χ1) is 14.6. The summed E-state index contributed by atoms with van der Waals surface area (Å²) in [5, 5.41) is 14.2. The number of hydrogen-bond donors (Lipinski definition) is 1. The number of methoxy groups -OCH3 is 1. The molecule has 0 spiro atoms. The highest BCUT2D eigenvalue weighted by molar-refractivity contribution is 6.30. The molecule has 0 radical (unpaired) electrons. The third kappa shape index (κ3) is 5.97. The Hall–Kier alpha value is -3.05. The number of unbranched alkanes of at least 4 members (excludes halogenated alkanes) is 1. The first kappa shape index (κ1) is 21.7. The molecule has 156 valence electrons. The number of rotatable bonds is 10. The van der Waals surface area contributed by atoms with Crippen molar-refractivity contribution < 1.29 is 14.6 Å². The van der Waals surface area contributed by atoms with Gasteiger partial charge in [-0.2, -0.15) is 5.10 Å². The van der Waals surface area contributed by atoms with Gasteiger partial charge in [-0.05, 0) is 68.1 Å². The first-order valence-electron chi connectivity index (χ1n) is 9.93. The van der Waals surface area contributed by atoms with Crippen LogP contribution in [0.15, 0.2) is 66.7 Å². The van der Waals surface area contributed by atoms with E-state index in [4.69, 9.17) is 26.5 Å². The number of carbonyl (C=O) groups is 1. The molecule has 6 heteroatoms. The van der Waals surface area contributed by atoms with Gasteiger partial charge in [-0.25, -0.2) is 4.68 Å². The molecule has 30 heavy (non-hydrogen) atoms. The fourth-order valence-electron chi connectivity index (χ4n) is 3.14. The molecule has 3 aromatic rings. The van der Waals surface area contributed by atoms with Gasteiger partial charge >= 0.3 is 5.97 Å². The van der Waals surface area contributed by atoms with Crippen LogP contribution < -0.4 is 4.74 Å². The Morgan fingerprint density at radius 3 is 2.47 bits per heavy atom. The highest BCUT2D eigenvalue weighted by atomic mass is 35.5. The van der Waals surface area contributed by atoms with E-state index < -0.39 is 5.97 Å². The molecule has 0 saturated heterocycles. The molecule has 0 unspecified atom stereocenters. The summed E-state index contributed by atoms with van der Waals surface area (Å²) in [6.07, 6.45) is 7.45. The molecule has 0 aliphatic carbocycles. The zero-order valence-corrected chi connectivity index (χ0v) is 17.7. The molecular formula is C24H25ClN2O3. The minimum atomic E-state index is -0.748. The summed E-state index contributed by atoms with van der Waals surface area (Å²) in [4.78, 5) is 10.5. The van der Waals surface area contributed by atoms with E-state index in [0.29, 0.717) is 11.4 Å². The maximum atomic E-state index is 10.5. The number of aromatic nitrogens is 2. The zero-order valence-electron chi connectivity index (χ0n) is 16.9. The normalized spacial score (nSPS) is 11.1. The summed E-state index contributed by atoms with van der Waals surface area (Å²) in [5.41, 5.74) is 3.98. The SMILES string of the molecule is COc1ccc(-n2nc(CC/C=C\CCCC(=O)O)cc2-c2ccc(Cl)cc2)cc1. The van der Waals surface area contributed by atoms with Crippen molar-refractivity contribution in [3.8, 4) is 22.7 Å². The van der Waals surface area contributed by atoms with Crippen LogP contribution in [-0.2, 0) is 11.2 Å². The fourth-order valence-corrected chi connectivity index (χ4v) is 3.26. The van der Waals surface area contributed by atoms with Crippen LogP contribution in [0.4, 0.5) is 0 Å². The Labute approximate surface area is 181 Å². The lowest BCUT2D eigenvalue weighted by Gasteiger charge is -2.08. The topological polar surface area (TPSA) is 64.4 Å². The number of allylic oxidation sites excluding steroid dienone is 2. The lowest BCUT2D eigenvalue weighted by molar-refractivity contribution is -0.137. The Morgan fingerprint density at radius 2 is 1.80 bits per heavy atom. The monoisotopic (exact) mass is 424 g/mol. The molecule has 1 N–H and O–H groups in total. The Morgan fingerprint density at radius 1 is 1.10 bits per heavy atom. The van der Waals surface area contributed by atoms with Crippen molar-refractivity contribution in [1.29, 1.82) is 0 Å². The molecule has 0 bridgehead atoms. The quantitative estimate of drug-likeness (QED) is 0.323. The number of ether oxygens (including phenoxy) is 1. The van der Waals surface area contributed by atoms with Crippen molar-refractivity contribution in [2.24, 2.45) is 0 Å². The Balaban J connectivity index is 1.77. The van der Waals surface area contributed by atoms with Crippen molar-refractivity contribution in [3.05, 3.63) is 77.5 Å². The predicted molar refractivity (Wildman–Crippen MR) is 120 cm³/mol. The predicted octanol–water partition coefficient (Wildman–Crippen LogP) is 5.95. The van der Waals surface area contributed by atoms with Gasteiger partial charge in [0, 0.05) is 17.0 Å². The molecule has 0 aliphatic heterocycles. The van der Waals surface area contributed by atoms with E-state index >= 15 is 0 Å². The zero-order chi connectivity index (χ0) is 21.3. The second-order valence-electron chi connectivity index (χ2n) is 6.93. The Kier molecular flexibility index (Phi) is 7.69. The van der Waals surface area contributed by atoms with Crippen LogP contribution in [0.1, 0.15) is 31.4 Å². The van der Waals surface area contributed by atoms with Gasteiger partial charge in [-0.3, -0.25) is 4.79 Å². The van der Waals surface area contributed by atoms with Crippen LogP contribution >= 0.6 is 11.6 Å². The van der Waals surface area contributed by atoms with E-state index in [1.165, 1.54) is 0 Å². The Bertz CT molecular complexity index is 992. The van der Waals surface area contributed by atoms with Crippen molar-refractivity contribution in [2.45, 2.75) is 32.1 Å². The molecule has 0 amide bonds. The van der Waals surface area contributed by atoms with Gasteiger partial charge < -0.3 is 9.84 Å². The molecule has 1 heterocycles. The average molecular weight is 425 g/mol.